The van der Waals surface area contributed by atoms with E-state index in [-0.39, 0.29) is 36.2 Å². The van der Waals surface area contributed by atoms with Gasteiger partial charge in [0.05, 0.1) is 13.7 Å². The Kier molecular flexibility index (Phi) is 6.42. The molecule has 1 fully saturated rings. The van der Waals surface area contributed by atoms with Crippen molar-refractivity contribution >= 4 is 34.8 Å². The van der Waals surface area contributed by atoms with Crippen LogP contribution in [0.2, 0.25) is 0 Å². The van der Waals surface area contributed by atoms with E-state index >= 15 is 0 Å². The van der Waals surface area contributed by atoms with Crippen LogP contribution >= 0.6 is 0 Å². The maximum atomic E-state index is 13.3. The summed E-state index contributed by atoms with van der Waals surface area (Å²) in [4.78, 5) is 38.4. The molecule has 3 aromatic carbocycles. The van der Waals surface area contributed by atoms with Crippen LogP contribution in [0.1, 0.15) is 27.4 Å². The molecule has 0 bridgehead atoms. The van der Waals surface area contributed by atoms with E-state index in [0.29, 0.717) is 11.3 Å². The van der Waals surface area contributed by atoms with Crippen molar-refractivity contribution in [3.63, 3.8) is 0 Å². The molecule has 1 aliphatic rings. The Hall–Kier alpha value is -4.92. The number of methoxy groups -OCH3 is 1. The Morgan fingerprint density at radius 2 is 1.81 bits per heavy atom. The van der Waals surface area contributed by atoms with Crippen molar-refractivity contribution in [2.24, 2.45) is 0 Å². The molecule has 1 aliphatic heterocycles. The van der Waals surface area contributed by atoms with E-state index in [1.807, 2.05) is 30.3 Å². The highest BCUT2D eigenvalue weighted by Gasteiger charge is 2.34. The van der Waals surface area contributed by atoms with Crippen molar-refractivity contribution < 1.29 is 32.7 Å². The molecule has 186 valence electrons. The van der Waals surface area contributed by atoms with Gasteiger partial charge in [-0.1, -0.05) is 42.5 Å². The first kappa shape index (κ1) is 23.8. The molecule has 0 saturated carbocycles. The number of fused-ring (bicyclic) bond motifs is 1. The number of furan rings is 1. The minimum Gasteiger partial charge on any atom is -0.488 e. The third-order valence-electron chi connectivity index (χ3n) is 5.85. The number of rotatable bonds is 7. The van der Waals surface area contributed by atoms with E-state index in [1.54, 1.807) is 24.3 Å². The molecule has 37 heavy (non-hydrogen) atoms. The van der Waals surface area contributed by atoms with E-state index < -0.39 is 17.9 Å². The second-order valence-electron chi connectivity index (χ2n) is 8.25. The van der Waals surface area contributed by atoms with E-state index in [9.17, 15) is 18.8 Å². The molecule has 1 N–H and O–H groups in total. The predicted octanol–water partition coefficient (Wildman–Crippen LogP) is 5.03. The second kappa shape index (κ2) is 9.98. The van der Waals surface area contributed by atoms with Gasteiger partial charge in [-0.25, -0.2) is 14.0 Å². The molecule has 0 unspecified atom stereocenters. The Morgan fingerprint density at radius 3 is 2.59 bits per heavy atom. The molecule has 0 radical (unpaired) electrons. The third kappa shape index (κ3) is 4.92. The molecule has 4 aromatic rings. The molecular weight excluding hydrogens is 479 g/mol. The van der Waals surface area contributed by atoms with Crippen LogP contribution in [-0.4, -0.2) is 29.9 Å². The number of ether oxygens (including phenoxy) is 2. The summed E-state index contributed by atoms with van der Waals surface area (Å²) in [6, 6.07) is 19.5. The minimum atomic E-state index is -0.659. The van der Waals surface area contributed by atoms with Crippen LogP contribution in [0.5, 0.6) is 5.75 Å². The molecule has 0 aliphatic carbocycles. The summed E-state index contributed by atoms with van der Waals surface area (Å²) in [5, 5.41) is 4.34. The highest BCUT2D eigenvalue weighted by atomic mass is 19.1. The number of benzene rings is 3. The summed E-state index contributed by atoms with van der Waals surface area (Å²) in [5.41, 5.74) is 1.44. The van der Waals surface area contributed by atoms with Gasteiger partial charge in [-0.2, -0.15) is 0 Å². The van der Waals surface area contributed by atoms with Crippen molar-refractivity contribution in [2.45, 2.75) is 13.2 Å². The standard InChI is InChI=1S/C28H21FN2O6/c1-35-27(33)25-13-11-20(37-25)15-31-26(32)23(30-28(31)34)14-22-21-5-3-2-4-18(21)8-12-24(22)36-16-17-6-9-19(29)10-7-17/h2-14H,15-16H2,1H3,(H,30,34)/b23-14-. The van der Waals surface area contributed by atoms with Gasteiger partial charge in [0.25, 0.3) is 5.91 Å². The average molecular weight is 500 g/mol. The summed E-state index contributed by atoms with van der Waals surface area (Å²) in [6.07, 6.45) is 1.57. The number of carbonyl (C=O) groups is 3. The number of carbonyl (C=O) groups excluding carboxylic acids is 3. The first-order chi connectivity index (χ1) is 17.9. The molecule has 8 nitrogen and oxygen atoms in total. The first-order valence-corrected chi connectivity index (χ1v) is 11.3. The number of imide groups is 1. The fraction of sp³-hybridized carbons (Fsp3) is 0.107. The van der Waals surface area contributed by atoms with Crippen molar-refractivity contribution in [3.05, 3.63) is 107 Å². The average Bonchev–Trinajstić information content (AvgIpc) is 3.49. The molecule has 3 amide bonds. The Morgan fingerprint density at radius 1 is 1.03 bits per heavy atom. The number of nitrogens with one attached hydrogen (secondary N) is 1. The topological polar surface area (TPSA) is 98.1 Å². The molecule has 0 atom stereocenters. The number of hydrogen-bond donors (Lipinski definition) is 1. The number of nitrogens with zero attached hydrogens (tertiary/aromatic N) is 1. The van der Waals surface area contributed by atoms with Crippen LogP contribution in [0.15, 0.2) is 82.9 Å². The monoisotopic (exact) mass is 500 g/mol. The van der Waals surface area contributed by atoms with Crippen molar-refractivity contribution in [2.75, 3.05) is 7.11 Å². The number of halogens is 1. The predicted molar refractivity (Wildman–Crippen MR) is 132 cm³/mol. The van der Waals surface area contributed by atoms with E-state index in [0.717, 1.165) is 21.2 Å². The van der Waals surface area contributed by atoms with Gasteiger partial charge in [0.2, 0.25) is 5.76 Å². The van der Waals surface area contributed by atoms with Crippen LogP contribution < -0.4 is 10.1 Å². The fourth-order valence-electron chi connectivity index (χ4n) is 3.98. The van der Waals surface area contributed by atoms with Gasteiger partial charge in [0.15, 0.2) is 0 Å². The summed E-state index contributed by atoms with van der Waals surface area (Å²) in [7, 11) is 1.23. The largest absolute Gasteiger partial charge is 0.488 e. The Labute approximate surface area is 210 Å². The third-order valence-corrected chi connectivity index (χ3v) is 5.85. The van der Waals surface area contributed by atoms with Gasteiger partial charge >= 0.3 is 12.0 Å². The molecule has 1 saturated heterocycles. The summed E-state index contributed by atoms with van der Waals surface area (Å²) >= 11 is 0. The highest BCUT2D eigenvalue weighted by Crippen LogP contribution is 2.32. The Bertz CT molecular complexity index is 1540. The maximum Gasteiger partial charge on any atom is 0.373 e. The van der Waals surface area contributed by atoms with Crippen LogP contribution in [0.4, 0.5) is 9.18 Å². The zero-order chi connectivity index (χ0) is 25.9. The lowest BCUT2D eigenvalue weighted by Gasteiger charge is -2.13. The number of esters is 1. The molecular formula is C28H21FN2O6. The molecule has 9 heteroatoms. The van der Waals surface area contributed by atoms with Gasteiger partial charge in [-0.05, 0) is 52.7 Å². The maximum absolute atomic E-state index is 13.3. The lowest BCUT2D eigenvalue weighted by molar-refractivity contribution is -0.123. The minimum absolute atomic E-state index is 0.0287. The van der Waals surface area contributed by atoms with Gasteiger partial charge in [0.1, 0.15) is 29.6 Å². The Balaban J connectivity index is 1.44. The van der Waals surface area contributed by atoms with Gasteiger partial charge in [-0.15, -0.1) is 0 Å². The molecule has 5 rings (SSSR count). The zero-order valence-corrected chi connectivity index (χ0v) is 19.7. The van der Waals surface area contributed by atoms with Crippen molar-refractivity contribution in [1.29, 1.82) is 0 Å². The van der Waals surface area contributed by atoms with E-state index in [2.05, 4.69) is 10.1 Å². The highest BCUT2D eigenvalue weighted by molar-refractivity contribution is 6.14. The molecule has 0 spiro atoms. The van der Waals surface area contributed by atoms with Crippen LogP contribution in [0, 0.1) is 5.82 Å². The van der Waals surface area contributed by atoms with Crippen molar-refractivity contribution in [1.82, 2.24) is 10.2 Å². The zero-order valence-electron chi connectivity index (χ0n) is 19.7. The van der Waals surface area contributed by atoms with Crippen LogP contribution in [-0.2, 0) is 22.7 Å². The molecule has 1 aromatic heterocycles. The summed E-state index contributed by atoms with van der Waals surface area (Å²) in [6.45, 7) is 0.0186. The second-order valence-corrected chi connectivity index (χ2v) is 8.25. The lowest BCUT2D eigenvalue weighted by atomic mass is 10.0. The molecule has 2 heterocycles. The smallest absolute Gasteiger partial charge is 0.373 e. The quantitative estimate of drug-likeness (QED) is 0.217. The first-order valence-electron chi connectivity index (χ1n) is 11.3. The van der Waals surface area contributed by atoms with E-state index in [4.69, 9.17) is 9.15 Å². The van der Waals surface area contributed by atoms with Gasteiger partial charge in [0, 0.05) is 5.56 Å². The number of amides is 3. The van der Waals surface area contributed by atoms with E-state index in [1.165, 1.54) is 31.4 Å². The SMILES string of the molecule is COC(=O)c1ccc(CN2C(=O)N/C(=C\c3c(OCc4ccc(F)cc4)ccc4ccccc34)C2=O)o1. The van der Waals surface area contributed by atoms with Crippen LogP contribution in [0.25, 0.3) is 16.8 Å². The number of urea groups is 1. The van der Waals surface area contributed by atoms with Crippen LogP contribution in [0.3, 0.4) is 0 Å². The lowest BCUT2D eigenvalue weighted by Crippen LogP contribution is -2.30. The fourth-order valence-corrected chi connectivity index (χ4v) is 3.98. The number of hydrogen-bond acceptors (Lipinski definition) is 6. The van der Waals surface area contributed by atoms with Gasteiger partial charge in [-0.3, -0.25) is 9.69 Å². The van der Waals surface area contributed by atoms with Crippen molar-refractivity contribution in [3.8, 4) is 5.75 Å². The summed E-state index contributed by atoms with van der Waals surface area (Å²) in [5.74, 6) is -0.843. The normalized spacial score (nSPS) is 14.3. The van der Waals surface area contributed by atoms with Gasteiger partial charge < -0.3 is 19.2 Å². The summed E-state index contributed by atoms with van der Waals surface area (Å²) < 4.78 is 29.3.